The van der Waals surface area contributed by atoms with Crippen LogP contribution in [0.15, 0.2) is 59.6 Å². The first kappa shape index (κ1) is 22.7. The number of thioether (sulfide) groups is 1. The highest BCUT2D eigenvalue weighted by Gasteiger charge is 2.15. The van der Waals surface area contributed by atoms with Crippen molar-refractivity contribution in [2.45, 2.75) is 23.5 Å². The SMILES string of the molecule is Cl.Fc1ccc(C#Cc2ccc(CSc3c(Cl)ccc4c3CCNCC4)nc2)cc1. The molecule has 154 valence electrons. The Morgan fingerprint density at radius 3 is 2.47 bits per heavy atom. The summed E-state index contributed by atoms with van der Waals surface area (Å²) in [5.41, 5.74) is 5.36. The summed E-state index contributed by atoms with van der Waals surface area (Å²) in [6, 6.07) is 14.3. The van der Waals surface area contributed by atoms with Gasteiger partial charge in [0.15, 0.2) is 0 Å². The zero-order chi connectivity index (χ0) is 20.1. The maximum absolute atomic E-state index is 13.0. The van der Waals surface area contributed by atoms with Gasteiger partial charge in [-0.2, -0.15) is 0 Å². The van der Waals surface area contributed by atoms with Crippen LogP contribution in [0.5, 0.6) is 0 Å². The maximum atomic E-state index is 13.0. The third-order valence-corrected chi connectivity index (χ3v) is 6.44. The molecule has 0 fully saturated rings. The zero-order valence-corrected chi connectivity index (χ0v) is 18.6. The third kappa shape index (κ3) is 5.77. The van der Waals surface area contributed by atoms with Gasteiger partial charge in [-0.25, -0.2) is 4.39 Å². The van der Waals surface area contributed by atoms with Gasteiger partial charge in [0.1, 0.15) is 5.82 Å². The largest absolute Gasteiger partial charge is 0.316 e. The molecule has 0 aliphatic carbocycles. The number of halogens is 3. The first-order chi connectivity index (χ1) is 14.2. The van der Waals surface area contributed by atoms with Crippen LogP contribution in [0.4, 0.5) is 4.39 Å². The van der Waals surface area contributed by atoms with Crippen LogP contribution in [-0.2, 0) is 18.6 Å². The standard InChI is InChI=1S/C24H20ClFN2S.ClH/c25-23-10-6-19-11-13-27-14-12-22(19)24(23)29-16-21-9-5-18(15-28-21)2-1-17-3-7-20(26)8-4-17;/h3-10,15,27H,11-14,16H2;1H. The summed E-state index contributed by atoms with van der Waals surface area (Å²) in [4.78, 5) is 5.72. The lowest BCUT2D eigenvalue weighted by Gasteiger charge is -2.13. The summed E-state index contributed by atoms with van der Waals surface area (Å²) in [5, 5.41) is 4.27. The molecule has 1 aliphatic heterocycles. The van der Waals surface area contributed by atoms with E-state index in [4.69, 9.17) is 11.6 Å². The first-order valence-corrected chi connectivity index (χ1v) is 10.9. The first-order valence-electron chi connectivity index (χ1n) is 9.55. The van der Waals surface area contributed by atoms with Gasteiger partial charge in [0.25, 0.3) is 0 Å². The quantitative estimate of drug-likeness (QED) is 0.403. The molecule has 3 aromatic rings. The molecule has 0 atom stereocenters. The number of aromatic nitrogens is 1. The second-order valence-electron chi connectivity index (χ2n) is 6.85. The second kappa shape index (κ2) is 10.8. The predicted octanol–water partition coefficient (Wildman–Crippen LogP) is 5.68. The van der Waals surface area contributed by atoms with Crippen molar-refractivity contribution in [2.24, 2.45) is 0 Å². The number of hydrogen-bond acceptors (Lipinski definition) is 3. The Morgan fingerprint density at radius 1 is 0.967 bits per heavy atom. The van der Waals surface area contributed by atoms with Crippen LogP contribution in [0, 0.1) is 17.7 Å². The van der Waals surface area contributed by atoms with Gasteiger partial charge in [0, 0.05) is 28.0 Å². The molecule has 0 bridgehead atoms. The molecule has 1 aliphatic rings. The van der Waals surface area contributed by atoms with Crippen LogP contribution >= 0.6 is 35.8 Å². The average molecular weight is 459 g/mol. The summed E-state index contributed by atoms with van der Waals surface area (Å²) in [6.07, 6.45) is 3.83. The molecule has 30 heavy (non-hydrogen) atoms. The van der Waals surface area contributed by atoms with E-state index in [1.807, 2.05) is 18.2 Å². The molecule has 0 saturated heterocycles. The lowest BCUT2D eigenvalue weighted by atomic mass is 10.0. The third-order valence-electron chi connectivity index (χ3n) is 4.82. The molecule has 4 rings (SSSR count). The highest BCUT2D eigenvalue weighted by atomic mass is 35.5. The van der Waals surface area contributed by atoms with Crippen molar-refractivity contribution in [1.82, 2.24) is 10.3 Å². The van der Waals surface area contributed by atoms with E-state index in [0.717, 1.165) is 53.5 Å². The summed E-state index contributed by atoms with van der Waals surface area (Å²) in [5.74, 6) is 6.60. The fraction of sp³-hybridized carbons (Fsp3) is 0.208. The lowest BCUT2D eigenvalue weighted by molar-refractivity contribution is 0.627. The van der Waals surface area contributed by atoms with E-state index in [1.54, 1.807) is 30.1 Å². The Morgan fingerprint density at radius 2 is 1.70 bits per heavy atom. The summed E-state index contributed by atoms with van der Waals surface area (Å²) < 4.78 is 13.0. The van der Waals surface area contributed by atoms with E-state index in [1.165, 1.54) is 28.2 Å². The van der Waals surface area contributed by atoms with E-state index in [0.29, 0.717) is 0 Å². The molecule has 0 unspecified atom stereocenters. The van der Waals surface area contributed by atoms with E-state index in [9.17, 15) is 4.39 Å². The van der Waals surface area contributed by atoms with Crippen molar-refractivity contribution >= 4 is 35.8 Å². The number of rotatable bonds is 3. The second-order valence-corrected chi connectivity index (χ2v) is 8.24. The van der Waals surface area contributed by atoms with Crippen LogP contribution < -0.4 is 5.32 Å². The van der Waals surface area contributed by atoms with Gasteiger partial charge >= 0.3 is 0 Å². The Bertz CT molecular complexity index is 1060. The summed E-state index contributed by atoms with van der Waals surface area (Å²) >= 11 is 8.26. The van der Waals surface area contributed by atoms with Gasteiger partial charge in [-0.3, -0.25) is 4.98 Å². The van der Waals surface area contributed by atoms with Crippen molar-refractivity contribution in [3.63, 3.8) is 0 Å². The minimum absolute atomic E-state index is 0. The fourth-order valence-corrected chi connectivity index (χ4v) is 4.69. The molecule has 0 spiro atoms. The minimum atomic E-state index is -0.259. The number of nitrogens with zero attached hydrogens (tertiary/aromatic N) is 1. The van der Waals surface area contributed by atoms with Gasteiger partial charge in [-0.1, -0.05) is 29.5 Å². The van der Waals surface area contributed by atoms with Gasteiger partial charge in [0.05, 0.1) is 10.7 Å². The van der Waals surface area contributed by atoms with Crippen LogP contribution in [0.2, 0.25) is 5.02 Å². The van der Waals surface area contributed by atoms with Gasteiger partial charge in [-0.05, 0) is 79.5 Å². The molecule has 0 saturated carbocycles. The Labute approximate surface area is 192 Å². The number of benzene rings is 2. The average Bonchev–Trinajstić information content (AvgIpc) is 2.99. The smallest absolute Gasteiger partial charge is 0.123 e. The Hall–Kier alpha value is -2.03. The lowest BCUT2D eigenvalue weighted by Crippen LogP contribution is -2.16. The van der Waals surface area contributed by atoms with Crippen molar-refractivity contribution in [3.8, 4) is 11.8 Å². The normalized spacial score (nSPS) is 12.7. The van der Waals surface area contributed by atoms with Gasteiger partial charge in [-0.15, -0.1) is 24.2 Å². The van der Waals surface area contributed by atoms with Crippen molar-refractivity contribution < 1.29 is 4.39 Å². The molecule has 1 aromatic heterocycles. The van der Waals surface area contributed by atoms with Crippen LogP contribution in [0.3, 0.4) is 0 Å². The van der Waals surface area contributed by atoms with Crippen molar-refractivity contribution in [2.75, 3.05) is 13.1 Å². The molecule has 0 radical (unpaired) electrons. The van der Waals surface area contributed by atoms with E-state index >= 15 is 0 Å². The van der Waals surface area contributed by atoms with Gasteiger partial charge < -0.3 is 5.32 Å². The van der Waals surface area contributed by atoms with Crippen LogP contribution in [-0.4, -0.2) is 18.1 Å². The van der Waals surface area contributed by atoms with Crippen LogP contribution in [0.25, 0.3) is 0 Å². The van der Waals surface area contributed by atoms with E-state index in [-0.39, 0.29) is 18.2 Å². The molecule has 6 heteroatoms. The number of pyridine rings is 1. The highest BCUT2D eigenvalue weighted by molar-refractivity contribution is 7.98. The van der Waals surface area contributed by atoms with Crippen molar-refractivity contribution in [1.29, 1.82) is 0 Å². The topological polar surface area (TPSA) is 24.9 Å². The predicted molar refractivity (Wildman–Crippen MR) is 125 cm³/mol. The highest BCUT2D eigenvalue weighted by Crippen LogP contribution is 2.35. The fourth-order valence-electron chi connectivity index (χ4n) is 3.27. The maximum Gasteiger partial charge on any atom is 0.123 e. The van der Waals surface area contributed by atoms with Crippen molar-refractivity contribution in [3.05, 3.63) is 93.5 Å². The zero-order valence-electron chi connectivity index (χ0n) is 16.3. The van der Waals surface area contributed by atoms with Gasteiger partial charge in [0.2, 0.25) is 0 Å². The minimum Gasteiger partial charge on any atom is -0.316 e. The molecule has 0 amide bonds. The number of nitrogens with one attached hydrogen (secondary N) is 1. The Kier molecular flexibility index (Phi) is 8.18. The summed E-state index contributed by atoms with van der Waals surface area (Å²) in [6.45, 7) is 2.00. The van der Waals surface area contributed by atoms with E-state index < -0.39 is 0 Å². The molecule has 2 aromatic carbocycles. The molecule has 2 nitrogen and oxygen atoms in total. The van der Waals surface area contributed by atoms with Crippen LogP contribution in [0.1, 0.15) is 27.9 Å². The molecular formula is C24H21Cl2FN2S. The number of hydrogen-bond donors (Lipinski definition) is 1. The molecule has 2 heterocycles. The molecular weight excluding hydrogens is 438 g/mol. The monoisotopic (exact) mass is 458 g/mol. The Balaban J connectivity index is 0.00000256. The van der Waals surface area contributed by atoms with E-state index in [2.05, 4.69) is 28.2 Å². The summed E-state index contributed by atoms with van der Waals surface area (Å²) in [7, 11) is 0. The molecule has 1 N–H and O–H groups in total. The number of fused-ring (bicyclic) bond motifs is 1.